The van der Waals surface area contributed by atoms with E-state index < -0.39 is 17.4 Å². The predicted octanol–water partition coefficient (Wildman–Crippen LogP) is 2.81. The Morgan fingerprint density at radius 1 is 1.09 bits per heavy atom. The predicted molar refractivity (Wildman–Crippen MR) is 108 cm³/mol. The van der Waals surface area contributed by atoms with Crippen molar-refractivity contribution in [2.24, 2.45) is 4.99 Å². The quantitative estimate of drug-likeness (QED) is 0.504. The number of hydrogen-bond donors (Lipinski definition) is 2. The summed E-state index contributed by atoms with van der Waals surface area (Å²) in [5.41, 5.74) is -1.78. The topological polar surface area (TPSA) is 113 Å². The number of nitrogens with one attached hydrogen (secondary N) is 2. The van der Waals surface area contributed by atoms with Crippen molar-refractivity contribution in [3.8, 4) is 22.6 Å². The second-order valence-corrected chi connectivity index (χ2v) is 7.20. The first-order valence-corrected chi connectivity index (χ1v) is 9.75. The van der Waals surface area contributed by atoms with E-state index >= 15 is 0 Å². The molecular formula is C20H16F3N7O2. The second-order valence-electron chi connectivity index (χ2n) is 7.20. The van der Waals surface area contributed by atoms with Crippen molar-refractivity contribution < 1.29 is 17.6 Å². The van der Waals surface area contributed by atoms with Crippen LogP contribution < -0.4 is 10.9 Å². The Labute approximate surface area is 178 Å². The van der Waals surface area contributed by atoms with E-state index in [-0.39, 0.29) is 39.8 Å². The molecule has 3 aromatic heterocycles. The molecule has 32 heavy (non-hydrogen) atoms. The number of fused-ring (bicyclic) bond motifs is 1. The fourth-order valence-corrected chi connectivity index (χ4v) is 3.61. The molecule has 0 amide bonds. The second kappa shape index (κ2) is 7.32. The molecule has 5 rings (SSSR count). The van der Waals surface area contributed by atoms with Gasteiger partial charge in [-0.2, -0.15) is 22.8 Å². The molecule has 0 aliphatic carbocycles. The number of hydrogen-bond acceptors (Lipinski definition) is 7. The van der Waals surface area contributed by atoms with Gasteiger partial charge >= 0.3 is 6.18 Å². The van der Waals surface area contributed by atoms with Gasteiger partial charge in [-0.25, -0.2) is 0 Å². The molecule has 0 radical (unpaired) electrons. The summed E-state index contributed by atoms with van der Waals surface area (Å²) in [5.74, 6) is 0.371. The molecule has 1 aromatic carbocycles. The number of aromatic amines is 1. The third-order valence-corrected chi connectivity index (χ3v) is 5.04. The van der Waals surface area contributed by atoms with Gasteiger partial charge in [-0.05, 0) is 18.9 Å². The van der Waals surface area contributed by atoms with Gasteiger partial charge in [0.25, 0.3) is 17.3 Å². The Hall–Kier alpha value is -3.96. The van der Waals surface area contributed by atoms with Gasteiger partial charge in [0.1, 0.15) is 11.2 Å². The van der Waals surface area contributed by atoms with E-state index in [0.29, 0.717) is 23.4 Å². The lowest BCUT2D eigenvalue weighted by atomic mass is 10.1. The van der Waals surface area contributed by atoms with Gasteiger partial charge in [-0.1, -0.05) is 30.3 Å². The van der Waals surface area contributed by atoms with Crippen molar-refractivity contribution in [1.29, 1.82) is 0 Å². The molecule has 1 aliphatic heterocycles. The Bertz CT molecular complexity index is 1400. The van der Waals surface area contributed by atoms with Crippen LogP contribution in [-0.4, -0.2) is 43.7 Å². The third-order valence-electron chi connectivity index (χ3n) is 5.04. The van der Waals surface area contributed by atoms with E-state index in [0.717, 1.165) is 6.42 Å². The van der Waals surface area contributed by atoms with Crippen molar-refractivity contribution >= 4 is 11.5 Å². The molecule has 4 aromatic rings. The van der Waals surface area contributed by atoms with Gasteiger partial charge in [0.2, 0.25) is 0 Å². The summed E-state index contributed by atoms with van der Waals surface area (Å²) < 4.78 is 47.7. The van der Waals surface area contributed by atoms with Crippen LogP contribution in [0.5, 0.6) is 0 Å². The minimum absolute atomic E-state index is 0.0662. The number of nitrogens with zero attached hydrogens (tertiary/aromatic N) is 5. The van der Waals surface area contributed by atoms with Crippen LogP contribution in [-0.2, 0) is 6.18 Å². The van der Waals surface area contributed by atoms with E-state index in [1.165, 1.54) is 12.1 Å². The van der Waals surface area contributed by atoms with Crippen LogP contribution in [0.3, 0.4) is 0 Å². The van der Waals surface area contributed by atoms with Gasteiger partial charge < -0.3 is 14.7 Å². The number of rotatable bonds is 3. The van der Waals surface area contributed by atoms with E-state index in [1.807, 2.05) is 0 Å². The summed E-state index contributed by atoms with van der Waals surface area (Å²) in [6.45, 7) is 2.84. The molecular weight excluding hydrogens is 427 g/mol. The van der Waals surface area contributed by atoms with Crippen molar-refractivity contribution in [1.82, 2.24) is 30.1 Å². The molecule has 0 saturated carbocycles. The number of amidine groups is 1. The molecule has 164 valence electrons. The van der Waals surface area contributed by atoms with Gasteiger partial charge in [0.05, 0.1) is 5.56 Å². The highest BCUT2D eigenvalue weighted by Gasteiger charge is 2.39. The van der Waals surface area contributed by atoms with E-state index in [2.05, 4.69) is 30.6 Å². The Balaban J connectivity index is 1.72. The average Bonchev–Trinajstić information content (AvgIpc) is 3.40. The van der Waals surface area contributed by atoms with Gasteiger partial charge in [0, 0.05) is 18.8 Å². The summed E-state index contributed by atoms with van der Waals surface area (Å²) >= 11 is 0. The number of aryl methyl sites for hydroxylation is 1. The molecule has 9 nitrogen and oxygen atoms in total. The number of alkyl halides is 3. The number of H-pyrrole nitrogens is 1. The van der Waals surface area contributed by atoms with Crippen LogP contribution in [0.2, 0.25) is 0 Å². The van der Waals surface area contributed by atoms with E-state index in [9.17, 15) is 18.0 Å². The van der Waals surface area contributed by atoms with Gasteiger partial charge in [0.15, 0.2) is 11.5 Å². The molecule has 4 heterocycles. The molecule has 0 fully saturated rings. The number of aromatic nitrogens is 5. The van der Waals surface area contributed by atoms with Crippen LogP contribution in [0.1, 0.15) is 23.7 Å². The SMILES string of the molecule is Cc1[nH]c2c(-c3ccccc3)c(C(F)(F)F)nn2c(=O)c1-c1nnc(C2=NCCCN2)o1. The smallest absolute Gasteiger partial charge is 0.413 e. The standard InChI is InChI=1S/C20H16F3N7O2/c1-10-12(17-27-28-18(32-17)15-24-8-5-9-25-15)19(31)30-16(26-10)13(11-6-3-2-4-7-11)14(29-30)20(21,22)23/h2-4,6-7,26H,5,8-9H2,1H3,(H,24,25). The summed E-state index contributed by atoms with van der Waals surface area (Å²) in [7, 11) is 0. The van der Waals surface area contributed by atoms with Crippen molar-refractivity contribution in [2.75, 3.05) is 13.1 Å². The number of aliphatic imine (C=N–C) groups is 1. The number of halogens is 3. The first kappa shape index (κ1) is 20.0. The minimum Gasteiger partial charge on any atom is -0.413 e. The fraction of sp³-hybridized carbons (Fsp3) is 0.250. The minimum atomic E-state index is -4.77. The molecule has 0 atom stereocenters. The Kier molecular flexibility index (Phi) is 4.57. The van der Waals surface area contributed by atoms with Crippen LogP contribution in [0.4, 0.5) is 13.2 Å². The molecule has 2 N–H and O–H groups in total. The molecule has 12 heteroatoms. The largest absolute Gasteiger partial charge is 0.435 e. The summed E-state index contributed by atoms with van der Waals surface area (Å²) in [6.07, 6.45) is -3.90. The number of benzene rings is 1. The Morgan fingerprint density at radius 3 is 2.53 bits per heavy atom. The van der Waals surface area contributed by atoms with E-state index in [1.54, 1.807) is 25.1 Å². The maximum atomic E-state index is 13.8. The maximum absolute atomic E-state index is 13.8. The zero-order chi connectivity index (χ0) is 22.5. The Morgan fingerprint density at radius 2 is 1.84 bits per heavy atom. The van der Waals surface area contributed by atoms with Crippen molar-refractivity contribution in [3.63, 3.8) is 0 Å². The summed E-state index contributed by atoms with van der Waals surface area (Å²) in [5, 5.41) is 14.5. The van der Waals surface area contributed by atoms with Crippen LogP contribution in [0.15, 0.2) is 44.5 Å². The highest BCUT2D eigenvalue weighted by Crippen LogP contribution is 2.38. The van der Waals surface area contributed by atoms with Gasteiger partial charge in [-0.15, -0.1) is 10.2 Å². The third kappa shape index (κ3) is 3.24. The fourth-order valence-electron chi connectivity index (χ4n) is 3.61. The molecule has 0 bridgehead atoms. The first-order valence-electron chi connectivity index (χ1n) is 9.75. The van der Waals surface area contributed by atoms with Crippen LogP contribution >= 0.6 is 0 Å². The van der Waals surface area contributed by atoms with Crippen LogP contribution in [0, 0.1) is 6.92 Å². The summed E-state index contributed by atoms with van der Waals surface area (Å²) in [4.78, 5) is 20.3. The molecule has 0 spiro atoms. The normalized spacial score (nSPS) is 14.4. The van der Waals surface area contributed by atoms with E-state index in [4.69, 9.17) is 4.42 Å². The molecule has 0 unspecified atom stereocenters. The summed E-state index contributed by atoms with van der Waals surface area (Å²) in [6, 6.07) is 7.96. The zero-order valence-corrected chi connectivity index (χ0v) is 16.7. The lowest BCUT2D eigenvalue weighted by molar-refractivity contribution is -0.140. The van der Waals surface area contributed by atoms with Crippen LogP contribution in [0.25, 0.3) is 28.2 Å². The highest BCUT2D eigenvalue weighted by atomic mass is 19.4. The monoisotopic (exact) mass is 443 g/mol. The highest BCUT2D eigenvalue weighted by molar-refractivity contribution is 5.95. The lowest BCUT2D eigenvalue weighted by Gasteiger charge is -2.10. The maximum Gasteiger partial charge on any atom is 0.435 e. The van der Waals surface area contributed by atoms with Crippen molar-refractivity contribution in [3.05, 3.63) is 58.0 Å². The van der Waals surface area contributed by atoms with Gasteiger partial charge in [-0.3, -0.25) is 9.79 Å². The lowest BCUT2D eigenvalue weighted by Crippen LogP contribution is -2.30. The molecule has 0 saturated heterocycles. The molecule has 1 aliphatic rings. The zero-order valence-electron chi connectivity index (χ0n) is 16.7. The van der Waals surface area contributed by atoms with Crippen molar-refractivity contribution in [2.45, 2.75) is 19.5 Å². The average molecular weight is 443 g/mol. The first-order chi connectivity index (χ1) is 15.3.